The van der Waals surface area contributed by atoms with Crippen LogP contribution in [0.1, 0.15) is 4.88 Å². The van der Waals surface area contributed by atoms with Crippen LogP contribution in [0.4, 0.5) is 5.13 Å². The smallest absolute Gasteiger partial charge is 0.250 e. The van der Waals surface area contributed by atoms with Gasteiger partial charge in [-0.3, -0.25) is 10.1 Å². The molecule has 1 amide bonds. The summed E-state index contributed by atoms with van der Waals surface area (Å²) in [5.74, 6) is -0.266. The van der Waals surface area contributed by atoms with Gasteiger partial charge in [0.25, 0.3) is 0 Å². The molecule has 0 aliphatic rings. The Morgan fingerprint density at radius 3 is 2.94 bits per heavy atom. The molecule has 0 aliphatic carbocycles. The largest absolute Gasteiger partial charge is 0.308 e. The quantitative estimate of drug-likeness (QED) is 0.675. The highest BCUT2D eigenvalue weighted by Gasteiger charge is 2.02. The molecule has 0 radical (unpaired) electrons. The van der Waals surface area contributed by atoms with Crippen LogP contribution in [0.15, 0.2) is 35.2 Å². The van der Waals surface area contributed by atoms with Crippen molar-refractivity contribution >= 4 is 57.1 Å². The van der Waals surface area contributed by atoms with Crippen molar-refractivity contribution in [3.05, 3.63) is 40.0 Å². The fourth-order valence-corrected chi connectivity index (χ4v) is 2.52. The summed E-state index contributed by atoms with van der Waals surface area (Å²) in [5, 5.41) is 10.0. The molecule has 0 saturated carbocycles. The summed E-state index contributed by atoms with van der Waals surface area (Å²) in [6.07, 6.45) is 4.85. The molecule has 0 spiro atoms. The van der Waals surface area contributed by atoms with Crippen molar-refractivity contribution < 1.29 is 4.79 Å². The summed E-state index contributed by atoms with van der Waals surface area (Å²) in [6.45, 7) is 0. The first-order valence-corrected chi connectivity index (χ1v) is 7.14. The van der Waals surface area contributed by atoms with Gasteiger partial charge in [0.1, 0.15) is 0 Å². The number of amides is 1. The topological polar surface area (TPSA) is 54.0 Å². The molecule has 2 rings (SSSR count). The number of rotatable bonds is 3. The zero-order valence-corrected chi connectivity index (χ0v) is 11.6. The molecule has 0 saturated heterocycles. The van der Waals surface area contributed by atoms with E-state index in [-0.39, 0.29) is 11.0 Å². The molecule has 2 aromatic rings. The average Bonchev–Trinajstić information content (AvgIpc) is 2.98. The van der Waals surface area contributed by atoms with Crippen molar-refractivity contribution in [1.82, 2.24) is 10.3 Å². The molecule has 92 valence electrons. The van der Waals surface area contributed by atoms with Gasteiger partial charge in [0, 0.05) is 22.5 Å². The maximum absolute atomic E-state index is 11.5. The van der Waals surface area contributed by atoms with Gasteiger partial charge in [-0.15, -0.1) is 22.7 Å². The van der Waals surface area contributed by atoms with Gasteiger partial charge in [0.05, 0.1) is 0 Å². The van der Waals surface area contributed by atoms with Gasteiger partial charge in [-0.25, -0.2) is 4.98 Å². The number of hydrogen-bond acceptors (Lipinski definition) is 5. The summed E-state index contributed by atoms with van der Waals surface area (Å²) >= 11 is 7.96. The zero-order valence-electron chi connectivity index (χ0n) is 9.12. The SMILES string of the molecule is O=C(/C=C/c1cccs1)NC(=S)Nc1nccs1. The van der Waals surface area contributed by atoms with Crippen LogP contribution < -0.4 is 10.6 Å². The number of aromatic nitrogens is 1. The second-order valence-corrected chi connectivity index (χ2v) is 5.41. The summed E-state index contributed by atoms with van der Waals surface area (Å²) in [4.78, 5) is 16.6. The summed E-state index contributed by atoms with van der Waals surface area (Å²) in [5.41, 5.74) is 0. The standard InChI is InChI=1S/C11H9N3OS3/c15-9(4-3-8-2-1-6-17-8)13-10(16)14-11-12-5-7-18-11/h1-7H,(H2,12,13,14,15,16)/b4-3+. The number of nitrogens with one attached hydrogen (secondary N) is 2. The minimum atomic E-state index is -0.266. The van der Waals surface area contributed by atoms with Gasteiger partial charge in [-0.1, -0.05) is 6.07 Å². The number of carbonyl (C=O) groups excluding carboxylic acids is 1. The van der Waals surface area contributed by atoms with Gasteiger partial charge < -0.3 is 5.32 Å². The lowest BCUT2D eigenvalue weighted by molar-refractivity contribution is -0.115. The van der Waals surface area contributed by atoms with Crippen molar-refractivity contribution in [2.24, 2.45) is 0 Å². The number of anilines is 1. The first-order chi connectivity index (χ1) is 8.74. The number of nitrogens with zero attached hydrogens (tertiary/aromatic N) is 1. The third-order valence-corrected chi connectivity index (χ3v) is 3.56. The monoisotopic (exact) mass is 295 g/mol. The van der Waals surface area contributed by atoms with Crippen LogP contribution in [-0.4, -0.2) is 16.0 Å². The molecular weight excluding hydrogens is 286 g/mol. The fourth-order valence-electron chi connectivity index (χ4n) is 1.11. The molecule has 0 unspecified atom stereocenters. The molecule has 0 aliphatic heterocycles. The lowest BCUT2D eigenvalue weighted by atomic mass is 10.4. The van der Waals surface area contributed by atoms with Gasteiger partial charge >= 0.3 is 0 Å². The molecular formula is C11H9N3OS3. The van der Waals surface area contributed by atoms with E-state index in [9.17, 15) is 4.79 Å². The van der Waals surface area contributed by atoms with Gasteiger partial charge in [-0.2, -0.15) is 0 Å². The van der Waals surface area contributed by atoms with Gasteiger partial charge in [-0.05, 0) is 29.7 Å². The molecule has 18 heavy (non-hydrogen) atoms. The van der Waals surface area contributed by atoms with Crippen LogP contribution >= 0.6 is 34.9 Å². The molecule has 2 heterocycles. The maximum Gasteiger partial charge on any atom is 0.250 e. The Morgan fingerprint density at radius 1 is 1.39 bits per heavy atom. The predicted molar refractivity (Wildman–Crippen MR) is 79.8 cm³/mol. The highest BCUT2D eigenvalue weighted by Crippen LogP contribution is 2.10. The van der Waals surface area contributed by atoms with E-state index in [1.807, 2.05) is 22.9 Å². The number of thiocarbonyl (C=S) groups is 1. The van der Waals surface area contributed by atoms with Crippen molar-refractivity contribution in [3.8, 4) is 0 Å². The summed E-state index contributed by atoms with van der Waals surface area (Å²) in [6, 6.07) is 3.86. The lowest BCUT2D eigenvalue weighted by Gasteiger charge is -2.04. The summed E-state index contributed by atoms with van der Waals surface area (Å²) < 4.78 is 0. The van der Waals surface area contributed by atoms with E-state index in [1.165, 1.54) is 17.4 Å². The molecule has 0 bridgehead atoms. The molecule has 0 atom stereocenters. The Labute approximate surface area is 117 Å². The molecule has 2 aromatic heterocycles. The summed E-state index contributed by atoms with van der Waals surface area (Å²) in [7, 11) is 0. The predicted octanol–water partition coefficient (Wildman–Crippen LogP) is 2.73. The molecule has 0 fully saturated rings. The molecule has 7 heteroatoms. The number of carbonyl (C=O) groups is 1. The third-order valence-electron chi connectivity index (χ3n) is 1.83. The van der Waals surface area contributed by atoms with Crippen LogP contribution in [0.25, 0.3) is 6.08 Å². The van der Waals surface area contributed by atoms with E-state index in [0.29, 0.717) is 5.13 Å². The lowest BCUT2D eigenvalue weighted by Crippen LogP contribution is -2.32. The Kier molecular flexibility index (Phi) is 4.57. The van der Waals surface area contributed by atoms with Gasteiger partial charge in [0.2, 0.25) is 5.91 Å². The Bertz CT molecular complexity index is 546. The fraction of sp³-hybridized carbons (Fsp3) is 0. The Morgan fingerprint density at radius 2 is 2.28 bits per heavy atom. The molecule has 0 aromatic carbocycles. The first-order valence-electron chi connectivity index (χ1n) is 4.97. The Balaban J connectivity index is 1.82. The van der Waals surface area contributed by atoms with E-state index >= 15 is 0 Å². The Hall–Kier alpha value is -1.57. The van der Waals surface area contributed by atoms with E-state index in [1.54, 1.807) is 23.6 Å². The number of thiazole rings is 1. The van der Waals surface area contributed by atoms with Crippen LogP contribution in [0.5, 0.6) is 0 Å². The van der Waals surface area contributed by atoms with Crippen molar-refractivity contribution in [2.75, 3.05) is 5.32 Å². The van der Waals surface area contributed by atoms with Crippen LogP contribution in [0.2, 0.25) is 0 Å². The van der Waals surface area contributed by atoms with Crippen molar-refractivity contribution in [1.29, 1.82) is 0 Å². The van der Waals surface area contributed by atoms with E-state index in [4.69, 9.17) is 12.2 Å². The van der Waals surface area contributed by atoms with E-state index < -0.39 is 0 Å². The first kappa shape index (κ1) is 12.9. The van der Waals surface area contributed by atoms with Crippen LogP contribution in [-0.2, 0) is 4.79 Å². The number of hydrogen-bond donors (Lipinski definition) is 2. The van der Waals surface area contributed by atoms with Crippen molar-refractivity contribution in [3.63, 3.8) is 0 Å². The van der Waals surface area contributed by atoms with Gasteiger partial charge in [0.15, 0.2) is 10.2 Å². The second-order valence-electron chi connectivity index (χ2n) is 3.13. The van der Waals surface area contributed by atoms with Crippen LogP contribution in [0.3, 0.4) is 0 Å². The normalized spacial score (nSPS) is 10.4. The molecule has 4 nitrogen and oxygen atoms in total. The zero-order chi connectivity index (χ0) is 12.8. The minimum absolute atomic E-state index is 0.241. The highest BCUT2D eigenvalue weighted by molar-refractivity contribution is 7.80. The van der Waals surface area contributed by atoms with Crippen LogP contribution in [0, 0.1) is 0 Å². The number of thiophene rings is 1. The maximum atomic E-state index is 11.5. The average molecular weight is 295 g/mol. The highest BCUT2D eigenvalue weighted by atomic mass is 32.1. The second kappa shape index (κ2) is 6.39. The van der Waals surface area contributed by atoms with E-state index in [2.05, 4.69) is 15.6 Å². The molecule has 2 N–H and O–H groups in total. The van der Waals surface area contributed by atoms with E-state index in [0.717, 1.165) is 4.88 Å². The minimum Gasteiger partial charge on any atom is -0.308 e. The third kappa shape index (κ3) is 4.02. The van der Waals surface area contributed by atoms with Crippen molar-refractivity contribution in [2.45, 2.75) is 0 Å².